The van der Waals surface area contributed by atoms with Crippen molar-refractivity contribution < 1.29 is 19.1 Å². The van der Waals surface area contributed by atoms with Gasteiger partial charge in [0.1, 0.15) is 12.7 Å². The van der Waals surface area contributed by atoms with Gasteiger partial charge in [0.2, 0.25) is 5.91 Å². The fourth-order valence-corrected chi connectivity index (χ4v) is 6.21. The third kappa shape index (κ3) is 3.97. The van der Waals surface area contributed by atoms with E-state index in [-0.39, 0.29) is 31.3 Å². The van der Waals surface area contributed by atoms with Crippen molar-refractivity contribution in [3.05, 3.63) is 46.3 Å². The van der Waals surface area contributed by atoms with E-state index in [4.69, 9.17) is 0 Å². The number of aryl methyl sites for hydroxylation is 1. The van der Waals surface area contributed by atoms with Crippen LogP contribution in [-0.4, -0.2) is 88.0 Å². The van der Waals surface area contributed by atoms with E-state index < -0.39 is 12.3 Å². The van der Waals surface area contributed by atoms with Gasteiger partial charge in [-0.25, -0.2) is 4.39 Å². The highest BCUT2D eigenvalue weighted by molar-refractivity contribution is 5.95. The van der Waals surface area contributed by atoms with E-state index in [1.807, 2.05) is 4.90 Å². The van der Waals surface area contributed by atoms with Crippen LogP contribution >= 0.6 is 0 Å². The highest BCUT2D eigenvalue weighted by atomic mass is 19.1. The maximum absolute atomic E-state index is 14.1. The van der Waals surface area contributed by atoms with Gasteiger partial charge >= 0.3 is 0 Å². The van der Waals surface area contributed by atoms with Gasteiger partial charge in [0.25, 0.3) is 5.91 Å². The normalized spacial score (nSPS) is 27.2. The van der Waals surface area contributed by atoms with Crippen LogP contribution in [-0.2, 0) is 17.8 Å². The molecule has 1 aromatic carbocycles. The Balaban J connectivity index is 1.15. The first-order chi connectivity index (χ1) is 17.3. The summed E-state index contributed by atoms with van der Waals surface area (Å²) in [5, 5.41) is 14.3. The Morgan fingerprint density at radius 3 is 2.64 bits per heavy atom. The molecule has 2 aliphatic carbocycles. The summed E-state index contributed by atoms with van der Waals surface area (Å²) < 4.78 is 15.8. The Hall–Kier alpha value is -2.94. The summed E-state index contributed by atoms with van der Waals surface area (Å²) in [6, 6.07) is 6.34. The lowest BCUT2D eigenvalue weighted by molar-refractivity contribution is -0.132. The first-order valence-corrected chi connectivity index (χ1v) is 13.1. The second-order valence-corrected chi connectivity index (χ2v) is 10.9. The molecule has 1 saturated carbocycles. The zero-order valence-corrected chi connectivity index (χ0v) is 21.0. The zero-order valence-electron chi connectivity index (χ0n) is 21.0. The van der Waals surface area contributed by atoms with Crippen LogP contribution in [0.4, 0.5) is 10.1 Å². The summed E-state index contributed by atoms with van der Waals surface area (Å²) in [5.41, 5.74) is 6.13. The van der Waals surface area contributed by atoms with Crippen molar-refractivity contribution in [1.82, 2.24) is 19.6 Å². The number of fused-ring (bicyclic) bond motifs is 3. The summed E-state index contributed by atoms with van der Waals surface area (Å²) in [4.78, 5) is 32.3. The molecule has 0 bridgehead atoms. The fraction of sp³-hybridized carbons (Fsp3) is 0.593. The number of hydrogen-bond acceptors (Lipinski definition) is 5. The Bertz CT molecular complexity index is 1200. The number of carbonyl (C=O) groups excluding carboxylic acids is 2. The molecule has 2 saturated heterocycles. The third-order valence-corrected chi connectivity index (χ3v) is 8.68. The highest BCUT2D eigenvalue weighted by Crippen LogP contribution is 2.57. The SMILES string of the molecule is Cc1cccc(N2CCN(C(=O)Cn3nc(C(=O)N4CC[C@@H](O)[C@H](F)C4)c4c3C[C@H]3C[C@@H]43)CC2)c1C. The first kappa shape index (κ1) is 23.5. The molecular formula is C27H34FN5O3. The number of likely N-dealkylation sites (tertiary alicyclic amines) is 1. The Labute approximate surface area is 210 Å². The number of hydrogen-bond donors (Lipinski definition) is 1. The summed E-state index contributed by atoms with van der Waals surface area (Å²) in [7, 11) is 0. The molecule has 8 nitrogen and oxygen atoms in total. The smallest absolute Gasteiger partial charge is 0.274 e. The molecule has 2 amide bonds. The fourth-order valence-electron chi connectivity index (χ4n) is 6.21. The molecule has 3 heterocycles. The van der Waals surface area contributed by atoms with Crippen molar-refractivity contribution in [3.63, 3.8) is 0 Å². The number of nitrogens with zero attached hydrogens (tertiary/aromatic N) is 5. The lowest BCUT2D eigenvalue weighted by Crippen LogP contribution is -2.50. The average Bonchev–Trinajstić information content (AvgIpc) is 3.40. The molecule has 192 valence electrons. The summed E-state index contributed by atoms with van der Waals surface area (Å²) in [6.07, 6.45) is -0.321. The van der Waals surface area contributed by atoms with Crippen molar-refractivity contribution >= 4 is 17.5 Å². The Morgan fingerprint density at radius 2 is 1.89 bits per heavy atom. The first-order valence-electron chi connectivity index (χ1n) is 13.1. The summed E-state index contributed by atoms with van der Waals surface area (Å²) in [6.45, 7) is 7.47. The number of anilines is 1. The number of aliphatic hydroxyl groups excluding tert-OH is 1. The van der Waals surface area contributed by atoms with Gasteiger partial charge in [0.15, 0.2) is 5.69 Å². The number of halogens is 1. The van der Waals surface area contributed by atoms with Crippen LogP contribution in [0.15, 0.2) is 18.2 Å². The highest BCUT2D eigenvalue weighted by Gasteiger charge is 2.51. The number of amides is 2. The molecule has 9 heteroatoms. The maximum Gasteiger partial charge on any atom is 0.274 e. The van der Waals surface area contributed by atoms with E-state index in [1.54, 1.807) is 4.68 Å². The van der Waals surface area contributed by atoms with Crippen LogP contribution in [0, 0.1) is 19.8 Å². The van der Waals surface area contributed by atoms with Gasteiger partial charge in [0.05, 0.1) is 12.6 Å². The molecule has 3 fully saturated rings. The number of alkyl halides is 1. The zero-order chi connectivity index (χ0) is 25.1. The van der Waals surface area contributed by atoms with Crippen molar-refractivity contribution in [2.24, 2.45) is 5.92 Å². The lowest BCUT2D eigenvalue weighted by atomic mass is 10.0. The molecule has 36 heavy (non-hydrogen) atoms. The molecule has 1 aromatic heterocycles. The largest absolute Gasteiger partial charge is 0.390 e. The molecule has 6 rings (SSSR count). The van der Waals surface area contributed by atoms with E-state index in [0.29, 0.717) is 37.2 Å². The number of benzene rings is 1. The number of piperidine rings is 1. The van der Waals surface area contributed by atoms with E-state index in [2.05, 4.69) is 42.0 Å². The predicted molar refractivity (Wildman–Crippen MR) is 133 cm³/mol. The number of rotatable bonds is 4. The minimum absolute atomic E-state index is 0.0189. The molecule has 4 atom stereocenters. The van der Waals surface area contributed by atoms with Gasteiger partial charge in [-0.15, -0.1) is 0 Å². The van der Waals surface area contributed by atoms with Crippen LogP contribution in [0.1, 0.15) is 51.6 Å². The van der Waals surface area contributed by atoms with Crippen molar-refractivity contribution in [2.75, 3.05) is 44.2 Å². The average molecular weight is 496 g/mol. The van der Waals surface area contributed by atoms with E-state index in [9.17, 15) is 19.1 Å². The van der Waals surface area contributed by atoms with E-state index in [0.717, 1.165) is 37.2 Å². The Kier molecular flexibility index (Phi) is 5.78. The summed E-state index contributed by atoms with van der Waals surface area (Å²) >= 11 is 0. The van der Waals surface area contributed by atoms with E-state index in [1.165, 1.54) is 21.7 Å². The lowest BCUT2D eigenvalue weighted by Gasteiger charge is -2.37. The van der Waals surface area contributed by atoms with Gasteiger partial charge in [0, 0.05) is 49.7 Å². The second-order valence-electron chi connectivity index (χ2n) is 10.9. The number of aromatic nitrogens is 2. The molecule has 0 radical (unpaired) electrons. The summed E-state index contributed by atoms with van der Waals surface area (Å²) in [5.74, 6) is 0.608. The van der Waals surface area contributed by atoms with Gasteiger partial charge in [-0.05, 0) is 62.1 Å². The maximum atomic E-state index is 14.1. The monoisotopic (exact) mass is 495 g/mol. The van der Waals surface area contributed by atoms with Gasteiger partial charge in [-0.3, -0.25) is 14.3 Å². The second kappa shape index (κ2) is 8.87. The molecule has 1 N–H and O–H groups in total. The van der Waals surface area contributed by atoms with E-state index >= 15 is 0 Å². The van der Waals surface area contributed by atoms with Gasteiger partial charge in [-0.1, -0.05) is 12.1 Å². The molecule has 0 spiro atoms. The predicted octanol–water partition coefficient (Wildman–Crippen LogP) is 2.05. The van der Waals surface area contributed by atoms with Crippen molar-refractivity contribution in [3.8, 4) is 0 Å². The topological polar surface area (TPSA) is 81.9 Å². The molecule has 2 aromatic rings. The molecule has 2 aliphatic heterocycles. The third-order valence-electron chi connectivity index (χ3n) is 8.68. The minimum Gasteiger partial charge on any atom is -0.390 e. The molecule has 0 unspecified atom stereocenters. The van der Waals surface area contributed by atoms with Gasteiger partial charge < -0.3 is 19.8 Å². The number of piperazine rings is 1. The standard InChI is InChI=1S/C27H34FN5O3/c1-16-4-3-5-21(17(16)2)30-8-10-31(11-9-30)24(35)15-33-22-13-18-12-19(18)25(22)26(29-33)27(36)32-7-6-23(34)20(28)14-32/h3-5,18-20,23,34H,6-15H2,1-2H3/t18-,19-,20-,23-/m1/s1. The minimum atomic E-state index is -1.43. The van der Waals surface area contributed by atoms with Crippen LogP contribution < -0.4 is 4.90 Å². The number of aliphatic hydroxyl groups is 1. The van der Waals surface area contributed by atoms with Crippen molar-refractivity contribution in [2.45, 2.75) is 57.8 Å². The van der Waals surface area contributed by atoms with Crippen molar-refractivity contribution in [1.29, 1.82) is 0 Å². The molecule has 4 aliphatic rings. The van der Waals surface area contributed by atoms with Gasteiger partial charge in [-0.2, -0.15) is 5.10 Å². The number of carbonyl (C=O) groups is 2. The van der Waals surface area contributed by atoms with Crippen LogP contribution in [0.2, 0.25) is 0 Å². The van der Waals surface area contributed by atoms with Crippen LogP contribution in [0.5, 0.6) is 0 Å². The van der Waals surface area contributed by atoms with Crippen LogP contribution in [0.25, 0.3) is 0 Å². The Morgan fingerprint density at radius 1 is 1.11 bits per heavy atom. The van der Waals surface area contributed by atoms with Crippen LogP contribution in [0.3, 0.4) is 0 Å². The molecular weight excluding hydrogens is 461 g/mol. The quantitative estimate of drug-likeness (QED) is 0.702.